The van der Waals surface area contributed by atoms with E-state index in [-0.39, 0.29) is 0 Å². The summed E-state index contributed by atoms with van der Waals surface area (Å²) >= 11 is 6.01. The van der Waals surface area contributed by atoms with Gasteiger partial charge in [-0.15, -0.1) is 0 Å². The van der Waals surface area contributed by atoms with Crippen LogP contribution in [0.5, 0.6) is 11.5 Å². The Hall–Kier alpha value is -1.61. The zero-order chi connectivity index (χ0) is 13.0. The van der Waals surface area contributed by atoms with E-state index in [9.17, 15) is 0 Å². The van der Waals surface area contributed by atoms with Crippen molar-refractivity contribution in [1.29, 1.82) is 0 Å². The summed E-state index contributed by atoms with van der Waals surface area (Å²) in [4.78, 5) is 0. The number of benzene rings is 2. The van der Waals surface area contributed by atoms with E-state index in [2.05, 4.69) is 0 Å². The Morgan fingerprint density at radius 1 is 1.11 bits per heavy atom. The van der Waals surface area contributed by atoms with Gasteiger partial charge in [-0.1, -0.05) is 35.3 Å². The molecule has 0 aromatic heterocycles. The summed E-state index contributed by atoms with van der Waals surface area (Å²) in [6.45, 7) is 0.438. The molecule has 0 aliphatic rings. The molecule has 0 amide bonds. The summed E-state index contributed by atoms with van der Waals surface area (Å²) in [6.07, 6.45) is 0. The molecule has 2 nitrogen and oxygen atoms in total. The predicted molar refractivity (Wildman–Crippen MR) is 74.2 cm³/mol. The van der Waals surface area contributed by atoms with Crippen molar-refractivity contribution in [2.75, 3.05) is 7.11 Å². The first-order valence-corrected chi connectivity index (χ1v) is 5.87. The predicted octanol–water partition coefficient (Wildman–Crippen LogP) is 2.72. The van der Waals surface area contributed by atoms with Crippen molar-refractivity contribution >= 4 is 24.9 Å². The van der Waals surface area contributed by atoms with Crippen molar-refractivity contribution in [2.45, 2.75) is 6.61 Å². The lowest BCUT2D eigenvalue weighted by molar-refractivity contribution is 0.306. The fourth-order valence-electron chi connectivity index (χ4n) is 1.51. The number of hydrogen-bond donors (Lipinski definition) is 0. The Labute approximate surface area is 113 Å². The molecule has 0 atom stereocenters. The monoisotopic (exact) mass is 258 g/mol. The van der Waals surface area contributed by atoms with E-state index in [0.717, 1.165) is 11.3 Å². The van der Waals surface area contributed by atoms with Crippen molar-refractivity contribution in [2.24, 2.45) is 0 Å². The third-order valence-corrected chi connectivity index (χ3v) is 2.82. The molecular formula is C14H12BClO2. The molecule has 18 heavy (non-hydrogen) atoms. The molecule has 0 unspecified atom stereocenters. The minimum atomic E-state index is 0.438. The second kappa shape index (κ2) is 5.83. The van der Waals surface area contributed by atoms with Crippen LogP contribution in [0.15, 0.2) is 42.5 Å². The first kappa shape index (κ1) is 12.8. The summed E-state index contributed by atoms with van der Waals surface area (Å²) in [5.41, 5.74) is 1.67. The van der Waals surface area contributed by atoms with Gasteiger partial charge in [0, 0.05) is 0 Å². The Bertz CT molecular complexity index is 526. The molecule has 0 heterocycles. The van der Waals surface area contributed by atoms with Crippen LogP contribution in [0.3, 0.4) is 0 Å². The Morgan fingerprint density at radius 3 is 2.50 bits per heavy atom. The van der Waals surface area contributed by atoms with Gasteiger partial charge in [0.15, 0.2) is 0 Å². The lowest BCUT2D eigenvalue weighted by Crippen LogP contribution is -2.03. The molecule has 90 valence electrons. The molecule has 0 saturated heterocycles. The fourth-order valence-corrected chi connectivity index (χ4v) is 1.69. The van der Waals surface area contributed by atoms with Crippen molar-refractivity contribution in [1.82, 2.24) is 0 Å². The molecule has 0 bridgehead atoms. The summed E-state index contributed by atoms with van der Waals surface area (Å²) < 4.78 is 10.7. The zero-order valence-corrected chi connectivity index (χ0v) is 10.8. The molecule has 2 radical (unpaired) electrons. The highest BCUT2D eigenvalue weighted by atomic mass is 35.5. The highest BCUT2D eigenvalue weighted by molar-refractivity contribution is 6.35. The maximum Gasteiger partial charge on any atom is 0.137 e. The van der Waals surface area contributed by atoms with Crippen LogP contribution in [-0.2, 0) is 6.61 Å². The normalized spacial score (nSPS) is 10.1. The lowest BCUT2D eigenvalue weighted by atomic mass is 9.96. The van der Waals surface area contributed by atoms with Crippen molar-refractivity contribution in [3.05, 3.63) is 53.1 Å². The van der Waals surface area contributed by atoms with Crippen LogP contribution in [0.2, 0.25) is 5.02 Å². The molecule has 0 saturated carbocycles. The van der Waals surface area contributed by atoms with Crippen LogP contribution in [-0.4, -0.2) is 15.0 Å². The van der Waals surface area contributed by atoms with Gasteiger partial charge in [-0.3, -0.25) is 0 Å². The van der Waals surface area contributed by atoms with Crippen LogP contribution >= 0.6 is 11.6 Å². The lowest BCUT2D eigenvalue weighted by Gasteiger charge is -2.09. The summed E-state index contributed by atoms with van der Waals surface area (Å²) in [5.74, 6) is 1.41. The van der Waals surface area contributed by atoms with Crippen molar-refractivity contribution in [3.63, 3.8) is 0 Å². The maximum atomic E-state index is 6.01. The van der Waals surface area contributed by atoms with Gasteiger partial charge in [-0.25, -0.2) is 0 Å². The Morgan fingerprint density at radius 2 is 1.83 bits per heavy atom. The van der Waals surface area contributed by atoms with Gasteiger partial charge in [0.1, 0.15) is 26.0 Å². The third kappa shape index (κ3) is 3.20. The molecule has 2 rings (SSSR count). The van der Waals surface area contributed by atoms with Gasteiger partial charge in [-0.05, 0) is 29.8 Å². The molecule has 0 fully saturated rings. The van der Waals surface area contributed by atoms with Gasteiger partial charge in [0.2, 0.25) is 0 Å². The third-order valence-electron chi connectivity index (χ3n) is 2.51. The minimum absolute atomic E-state index is 0.438. The quantitative estimate of drug-likeness (QED) is 0.785. The maximum absolute atomic E-state index is 6.01. The number of rotatable bonds is 4. The number of hydrogen-bond acceptors (Lipinski definition) is 2. The van der Waals surface area contributed by atoms with E-state index in [1.807, 2.05) is 24.3 Å². The van der Waals surface area contributed by atoms with E-state index in [1.54, 1.807) is 25.3 Å². The van der Waals surface area contributed by atoms with Gasteiger partial charge >= 0.3 is 0 Å². The number of halogens is 1. The second-order valence-electron chi connectivity index (χ2n) is 3.83. The van der Waals surface area contributed by atoms with Crippen molar-refractivity contribution < 1.29 is 9.47 Å². The van der Waals surface area contributed by atoms with Gasteiger partial charge in [0.25, 0.3) is 0 Å². The fraction of sp³-hybridized carbons (Fsp3) is 0.143. The minimum Gasteiger partial charge on any atom is -0.497 e. The largest absolute Gasteiger partial charge is 0.497 e. The van der Waals surface area contributed by atoms with E-state index in [1.165, 1.54) is 0 Å². The van der Waals surface area contributed by atoms with E-state index >= 15 is 0 Å². The standard InChI is InChI=1S/C14H12BClO2/c1-17-12-5-2-10(3-6-12)9-18-14-8-11(15)4-7-13(14)16/h2-8H,9H2,1H3. The average molecular weight is 259 g/mol. The number of methoxy groups -OCH3 is 1. The van der Waals surface area contributed by atoms with E-state index in [4.69, 9.17) is 28.9 Å². The molecule has 0 N–H and O–H groups in total. The second-order valence-corrected chi connectivity index (χ2v) is 4.23. The number of ether oxygens (including phenoxy) is 2. The van der Waals surface area contributed by atoms with Gasteiger partial charge in [0.05, 0.1) is 12.1 Å². The molecule has 4 heteroatoms. The molecule has 0 aliphatic carbocycles. The smallest absolute Gasteiger partial charge is 0.137 e. The topological polar surface area (TPSA) is 18.5 Å². The van der Waals surface area contributed by atoms with Crippen molar-refractivity contribution in [3.8, 4) is 11.5 Å². The highest BCUT2D eigenvalue weighted by Gasteiger charge is 2.02. The van der Waals surface area contributed by atoms with Gasteiger partial charge < -0.3 is 9.47 Å². The summed E-state index contributed by atoms with van der Waals surface area (Å²) in [5, 5.41) is 0.553. The van der Waals surface area contributed by atoms with Crippen LogP contribution < -0.4 is 14.9 Å². The van der Waals surface area contributed by atoms with Crippen LogP contribution in [0.1, 0.15) is 5.56 Å². The van der Waals surface area contributed by atoms with E-state index < -0.39 is 0 Å². The molecule has 2 aromatic rings. The van der Waals surface area contributed by atoms with Crippen LogP contribution in [0.25, 0.3) is 0 Å². The molecular weight excluding hydrogens is 246 g/mol. The zero-order valence-electron chi connectivity index (χ0n) is 10.0. The Kier molecular flexibility index (Phi) is 4.16. The highest BCUT2D eigenvalue weighted by Crippen LogP contribution is 2.23. The summed E-state index contributed by atoms with van der Waals surface area (Å²) in [6, 6.07) is 12.8. The summed E-state index contributed by atoms with van der Waals surface area (Å²) in [7, 11) is 7.32. The van der Waals surface area contributed by atoms with Crippen LogP contribution in [0, 0.1) is 0 Å². The average Bonchev–Trinajstić information content (AvgIpc) is 2.40. The molecule has 0 aliphatic heterocycles. The Balaban J connectivity index is 2.04. The molecule has 0 spiro atoms. The van der Waals surface area contributed by atoms with E-state index in [0.29, 0.717) is 22.8 Å². The van der Waals surface area contributed by atoms with Crippen LogP contribution in [0.4, 0.5) is 0 Å². The van der Waals surface area contributed by atoms with Gasteiger partial charge in [-0.2, -0.15) is 0 Å². The molecule has 2 aromatic carbocycles. The SMILES string of the molecule is [B]c1ccc(Cl)c(OCc2ccc(OC)cc2)c1. The first-order chi connectivity index (χ1) is 8.69. The first-order valence-electron chi connectivity index (χ1n) is 5.50.